The van der Waals surface area contributed by atoms with E-state index >= 15 is 0 Å². The molecule has 1 aromatic heterocycles. The first-order chi connectivity index (χ1) is 11.6. The number of carbonyl (C=O) groups excluding carboxylic acids is 1. The largest absolute Gasteiger partial charge is 0.497 e. The van der Waals surface area contributed by atoms with Gasteiger partial charge in [0.1, 0.15) is 17.2 Å². The highest BCUT2D eigenvalue weighted by atomic mass is 16.5. The van der Waals surface area contributed by atoms with E-state index in [1.807, 2.05) is 35.2 Å². The van der Waals surface area contributed by atoms with Gasteiger partial charge in [-0.15, -0.1) is 0 Å². The third-order valence-corrected chi connectivity index (χ3v) is 4.54. The average molecular weight is 328 g/mol. The highest BCUT2D eigenvalue weighted by molar-refractivity contribution is 5.79. The van der Waals surface area contributed by atoms with Crippen molar-refractivity contribution in [2.45, 2.75) is 45.1 Å². The summed E-state index contributed by atoms with van der Waals surface area (Å²) in [5, 5.41) is 4.20. The lowest BCUT2D eigenvalue weighted by molar-refractivity contribution is -0.131. The molecule has 0 radical (unpaired) electrons. The molecule has 1 saturated heterocycles. The molecule has 1 fully saturated rings. The first-order valence-corrected chi connectivity index (χ1v) is 8.47. The molecule has 0 bridgehead atoms. The molecule has 5 nitrogen and oxygen atoms in total. The van der Waals surface area contributed by atoms with E-state index < -0.39 is 0 Å². The minimum Gasteiger partial charge on any atom is -0.497 e. The molecule has 0 spiro atoms. The second-order valence-electron chi connectivity index (χ2n) is 6.58. The Morgan fingerprint density at radius 2 is 2.12 bits per heavy atom. The molecule has 0 saturated carbocycles. The summed E-state index contributed by atoms with van der Waals surface area (Å²) in [6.07, 6.45) is 2.34. The molecule has 24 heavy (non-hydrogen) atoms. The van der Waals surface area contributed by atoms with Gasteiger partial charge in [-0.05, 0) is 30.5 Å². The van der Waals surface area contributed by atoms with E-state index in [0.717, 1.165) is 42.2 Å². The van der Waals surface area contributed by atoms with Gasteiger partial charge in [0.05, 0.1) is 19.6 Å². The molecule has 2 aromatic rings. The molecule has 1 aliphatic heterocycles. The Bertz CT molecular complexity index is 691. The fraction of sp³-hybridized carbons (Fsp3) is 0.474. The van der Waals surface area contributed by atoms with Gasteiger partial charge in [0.2, 0.25) is 5.91 Å². The number of aromatic nitrogens is 1. The Morgan fingerprint density at radius 1 is 1.38 bits per heavy atom. The van der Waals surface area contributed by atoms with Crippen LogP contribution < -0.4 is 4.74 Å². The molecular formula is C19H24N2O3. The zero-order valence-electron chi connectivity index (χ0n) is 14.5. The van der Waals surface area contributed by atoms with E-state index in [0.29, 0.717) is 12.3 Å². The van der Waals surface area contributed by atoms with E-state index in [2.05, 4.69) is 19.0 Å². The zero-order chi connectivity index (χ0) is 17.1. The van der Waals surface area contributed by atoms with Crippen LogP contribution in [0, 0.1) is 0 Å². The number of hydrogen-bond donors (Lipinski definition) is 0. The maximum atomic E-state index is 12.7. The number of carbonyl (C=O) groups is 1. The van der Waals surface area contributed by atoms with E-state index in [1.54, 1.807) is 7.11 Å². The second kappa shape index (κ2) is 7.07. The number of methoxy groups -OCH3 is 1. The van der Waals surface area contributed by atoms with Crippen LogP contribution in [0.4, 0.5) is 0 Å². The first kappa shape index (κ1) is 16.6. The van der Waals surface area contributed by atoms with Gasteiger partial charge in [0, 0.05) is 18.5 Å². The van der Waals surface area contributed by atoms with Crippen LogP contribution in [0.1, 0.15) is 55.7 Å². The Balaban J connectivity index is 1.70. The smallest absolute Gasteiger partial charge is 0.227 e. The summed E-state index contributed by atoms with van der Waals surface area (Å²) in [5.41, 5.74) is 1.87. The highest BCUT2D eigenvalue weighted by Gasteiger charge is 2.32. The number of ether oxygens (including phenoxy) is 1. The number of amides is 1. The maximum Gasteiger partial charge on any atom is 0.227 e. The molecule has 0 aliphatic carbocycles. The van der Waals surface area contributed by atoms with Crippen molar-refractivity contribution >= 4 is 5.91 Å². The number of nitrogens with zero attached hydrogens (tertiary/aromatic N) is 2. The predicted molar refractivity (Wildman–Crippen MR) is 91.0 cm³/mol. The normalized spacial score (nSPS) is 17.5. The molecule has 0 N–H and O–H groups in total. The molecule has 1 aromatic carbocycles. The predicted octanol–water partition coefficient (Wildman–Crippen LogP) is 3.71. The molecule has 5 heteroatoms. The van der Waals surface area contributed by atoms with Crippen LogP contribution in [0.25, 0.3) is 0 Å². The lowest BCUT2D eigenvalue weighted by atomic mass is 10.1. The first-order valence-electron chi connectivity index (χ1n) is 8.47. The monoisotopic (exact) mass is 328 g/mol. The third-order valence-electron chi connectivity index (χ3n) is 4.54. The zero-order valence-corrected chi connectivity index (χ0v) is 14.5. The fourth-order valence-corrected chi connectivity index (χ4v) is 3.13. The summed E-state index contributed by atoms with van der Waals surface area (Å²) in [4.78, 5) is 14.7. The van der Waals surface area contributed by atoms with Crippen molar-refractivity contribution < 1.29 is 14.1 Å². The van der Waals surface area contributed by atoms with Gasteiger partial charge in [-0.1, -0.05) is 31.1 Å². The maximum absolute atomic E-state index is 12.7. The van der Waals surface area contributed by atoms with Crippen LogP contribution in [-0.2, 0) is 11.2 Å². The highest BCUT2D eigenvalue weighted by Crippen LogP contribution is 2.33. The van der Waals surface area contributed by atoms with Crippen LogP contribution >= 0.6 is 0 Å². The molecule has 3 rings (SSSR count). The van der Waals surface area contributed by atoms with E-state index in [1.165, 1.54) is 0 Å². The van der Waals surface area contributed by atoms with E-state index in [9.17, 15) is 4.79 Å². The van der Waals surface area contributed by atoms with Crippen molar-refractivity contribution in [3.63, 3.8) is 0 Å². The Kier molecular flexibility index (Phi) is 4.88. The van der Waals surface area contributed by atoms with Crippen molar-refractivity contribution in [1.29, 1.82) is 0 Å². The lowest BCUT2D eigenvalue weighted by Gasteiger charge is -2.23. The summed E-state index contributed by atoms with van der Waals surface area (Å²) < 4.78 is 10.6. The van der Waals surface area contributed by atoms with Gasteiger partial charge in [-0.3, -0.25) is 4.79 Å². The number of rotatable bonds is 5. The second-order valence-corrected chi connectivity index (χ2v) is 6.58. The topological polar surface area (TPSA) is 55.6 Å². The van der Waals surface area contributed by atoms with Gasteiger partial charge < -0.3 is 14.2 Å². The minimum absolute atomic E-state index is 0.0343. The Hall–Kier alpha value is -2.30. The number of benzene rings is 1. The van der Waals surface area contributed by atoms with Crippen molar-refractivity contribution in [1.82, 2.24) is 10.1 Å². The van der Waals surface area contributed by atoms with Gasteiger partial charge in [0.25, 0.3) is 0 Å². The van der Waals surface area contributed by atoms with Gasteiger partial charge in [0.15, 0.2) is 0 Å². The van der Waals surface area contributed by atoms with E-state index in [4.69, 9.17) is 9.26 Å². The summed E-state index contributed by atoms with van der Waals surface area (Å²) in [5.74, 6) is 2.11. The molecule has 2 heterocycles. The summed E-state index contributed by atoms with van der Waals surface area (Å²) in [6.45, 7) is 4.93. The fourth-order valence-electron chi connectivity index (χ4n) is 3.13. The van der Waals surface area contributed by atoms with Crippen LogP contribution in [0.5, 0.6) is 5.75 Å². The minimum atomic E-state index is 0.0343. The Labute approximate surface area is 142 Å². The molecule has 1 unspecified atom stereocenters. The SMILES string of the molecule is COc1ccc(CC(=O)N2CCCC2c2cc(C(C)C)on2)cc1. The molecule has 128 valence electrons. The lowest BCUT2D eigenvalue weighted by Crippen LogP contribution is -2.32. The van der Waals surface area contributed by atoms with Crippen molar-refractivity contribution in [2.24, 2.45) is 0 Å². The van der Waals surface area contributed by atoms with Crippen molar-refractivity contribution in [2.75, 3.05) is 13.7 Å². The van der Waals surface area contributed by atoms with Crippen molar-refractivity contribution in [3.05, 3.63) is 47.3 Å². The van der Waals surface area contributed by atoms with Crippen molar-refractivity contribution in [3.8, 4) is 5.75 Å². The summed E-state index contributed by atoms with van der Waals surface area (Å²) >= 11 is 0. The van der Waals surface area contributed by atoms with Gasteiger partial charge >= 0.3 is 0 Å². The van der Waals surface area contributed by atoms with Gasteiger partial charge in [-0.25, -0.2) is 0 Å². The molecule has 1 aliphatic rings. The van der Waals surface area contributed by atoms with Crippen LogP contribution in [0.15, 0.2) is 34.9 Å². The van der Waals surface area contributed by atoms with Crippen LogP contribution in [0.3, 0.4) is 0 Å². The Morgan fingerprint density at radius 3 is 2.75 bits per heavy atom. The summed E-state index contributed by atoms with van der Waals surface area (Å²) in [7, 11) is 1.64. The van der Waals surface area contributed by atoms with Crippen LogP contribution in [-0.4, -0.2) is 29.6 Å². The third kappa shape index (κ3) is 3.45. The van der Waals surface area contributed by atoms with E-state index in [-0.39, 0.29) is 11.9 Å². The standard InChI is InChI=1S/C19H24N2O3/c1-13(2)18-12-16(20-24-18)17-5-4-10-21(17)19(22)11-14-6-8-15(23-3)9-7-14/h6-9,12-13,17H,4-5,10-11H2,1-3H3. The van der Waals surface area contributed by atoms with Gasteiger partial charge in [-0.2, -0.15) is 0 Å². The quantitative estimate of drug-likeness (QED) is 0.839. The summed E-state index contributed by atoms with van der Waals surface area (Å²) in [6, 6.07) is 9.68. The molecule has 1 atom stereocenters. The number of likely N-dealkylation sites (tertiary alicyclic amines) is 1. The average Bonchev–Trinajstić information content (AvgIpc) is 3.24. The van der Waals surface area contributed by atoms with Crippen LogP contribution in [0.2, 0.25) is 0 Å². The molecule has 1 amide bonds. The number of hydrogen-bond acceptors (Lipinski definition) is 4. The molecular weight excluding hydrogens is 304 g/mol.